The predicted octanol–water partition coefficient (Wildman–Crippen LogP) is 2.22. The van der Waals surface area contributed by atoms with E-state index in [9.17, 15) is 4.79 Å². The lowest BCUT2D eigenvalue weighted by molar-refractivity contribution is -0.133. The van der Waals surface area contributed by atoms with Crippen LogP contribution in [-0.4, -0.2) is 36.5 Å². The van der Waals surface area contributed by atoms with Crippen molar-refractivity contribution in [2.75, 3.05) is 19.6 Å². The van der Waals surface area contributed by atoms with Gasteiger partial charge in [-0.3, -0.25) is 4.79 Å². The zero-order valence-corrected chi connectivity index (χ0v) is 11.8. The first-order valence-corrected chi connectivity index (χ1v) is 7.37. The molecule has 1 aromatic rings. The zero-order valence-electron chi connectivity index (χ0n) is 11.8. The quantitative estimate of drug-likeness (QED) is 0.880. The van der Waals surface area contributed by atoms with Crippen LogP contribution in [0.15, 0.2) is 30.3 Å². The Morgan fingerprint density at radius 2 is 2.11 bits per heavy atom. The maximum atomic E-state index is 12.4. The van der Waals surface area contributed by atoms with E-state index in [2.05, 4.69) is 36.5 Å². The van der Waals surface area contributed by atoms with Crippen molar-refractivity contribution in [3.05, 3.63) is 35.9 Å². The molecule has 1 aliphatic rings. The van der Waals surface area contributed by atoms with Crippen LogP contribution in [0.3, 0.4) is 0 Å². The molecule has 0 radical (unpaired) electrons. The summed E-state index contributed by atoms with van der Waals surface area (Å²) >= 11 is 0. The molecule has 0 aliphatic carbocycles. The summed E-state index contributed by atoms with van der Waals surface area (Å²) < 4.78 is 0. The van der Waals surface area contributed by atoms with Crippen molar-refractivity contribution < 1.29 is 4.79 Å². The molecule has 0 bridgehead atoms. The summed E-state index contributed by atoms with van der Waals surface area (Å²) in [4.78, 5) is 14.4. The zero-order chi connectivity index (χ0) is 13.5. The summed E-state index contributed by atoms with van der Waals surface area (Å²) in [7, 11) is 0. The number of likely N-dealkylation sites (N-methyl/N-ethyl adjacent to an activating group) is 1. The van der Waals surface area contributed by atoms with E-state index < -0.39 is 0 Å². The molecule has 3 nitrogen and oxygen atoms in total. The second kappa shape index (κ2) is 7.29. The van der Waals surface area contributed by atoms with Crippen molar-refractivity contribution in [2.45, 2.75) is 38.6 Å². The van der Waals surface area contributed by atoms with Gasteiger partial charge in [0, 0.05) is 13.1 Å². The van der Waals surface area contributed by atoms with Gasteiger partial charge in [0.05, 0.1) is 6.04 Å². The standard InChI is InChI=1S/C16H24N2O/c1-2-18(13-11-14-8-4-3-5-9-14)16(19)15-10-6-7-12-17-15/h3-5,8-9,15,17H,2,6-7,10-13H2,1H3. The van der Waals surface area contributed by atoms with E-state index in [1.807, 2.05) is 11.0 Å². The number of rotatable bonds is 5. The molecule has 0 spiro atoms. The van der Waals surface area contributed by atoms with Gasteiger partial charge in [-0.15, -0.1) is 0 Å². The Morgan fingerprint density at radius 1 is 1.32 bits per heavy atom. The third-order valence-corrected chi connectivity index (χ3v) is 3.82. The van der Waals surface area contributed by atoms with E-state index in [1.54, 1.807) is 0 Å². The second-order valence-electron chi connectivity index (χ2n) is 5.16. The van der Waals surface area contributed by atoms with E-state index in [0.717, 1.165) is 32.5 Å². The molecular weight excluding hydrogens is 236 g/mol. The highest BCUT2D eigenvalue weighted by Gasteiger charge is 2.24. The highest BCUT2D eigenvalue weighted by molar-refractivity contribution is 5.82. The third-order valence-electron chi connectivity index (χ3n) is 3.82. The summed E-state index contributed by atoms with van der Waals surface area (Å²) in [6.07, 6.45) is 4.29. The monoisotopic (exact) mass is 260 g/mol. The van der Waals surface area contributed by atoms with Crippen LogP contribution in [0.4, 0.5) is 0 Å². The number of hydrogen-bond donors (Lipinski definition) is 1. The fraction of sp³-hybridized carbons (Fsp3) is 0.562. The topological polar surface area (TPSA) is 32.3 Å². The number of hydrogen-bond acceptors (Lipinski definition) is 2. The fourth-order valence-corrected chi connectivity index (χ4v) is 2.62. The number of nitrogens with zero attached hydrogens (tertiary/aromatic N) is 1. The highest BCUT2D eigenvalue weighted by atomic mass is 16.2. The Morgan fingerprint density at radius 3 is 2.74 bits per heavy atom. The molecular formula is C16H24N2O. The molecule has 1 amide bonds. The van der Waals surface area contributed by atoms with Gasteiger partial charge >= 0.3 is 0 Å². The van der Waals surface area contributed by atoms with Crippen LogP contribution >= 0.6 is 0 Å². The predicted molar refractivity (Wildman–Crippen MR) is 78.0 cm³/mol. The maximum Gasteiger partial charge on any atom is 0.239 e. The molecule has 1 aliphatic heterocycles. The number of carbonyl (C=O) groups excluding carboxylic acids is 1. The van der Waals surface area contributed by atoms with Crippen molar-refractivity contribution in [3.63, 3.8) is 0 Å². The normalized spacial score (nSPS) is 19.1. The molecule has 1 unspecified atom stereocenters. The lowest BCUT2D eigenvalue weighted by atomic mass is 10.0. The SMILES string of the molecule is CCN(CCc1ccccc1)C(=O)C1CCCCN1. The smallest absolute Gasteiger partial charge is 0.239 e. The van der Waals surface area contributed by atoms with Crippen molar-refractivity contribution in [3.8, 4) is 0 Å². The summed E-state index contributed by atoms with van der Waals surface area (Å²) in [5.41, 5.74) is 1.30. The van der Waals surface area contributed by atoms with Gasteiger partial charge in [0.1, 0.15) is 0 Å². The molecule has 104 valence electrons. The van der Waals surface area contributed by atoms with Crippen LogP contribution in [0.1, 0.15) is 31.7 Å². The number of piperidine rings is 1. The number of nitrogens with one attached hydrogen (secondary N) is 1. The van der Waals surface area contributed by atoms with Gasteiger partial charge in [-0.05, 0) is 38.3 Å². The van der Waals surface area contributed by atoms with Gasteiger partial charge in [-0.1, -0.05) is 36.8 Å². The van der Waals surface area contributed by atoms with E-state index in [-0.39, 0.29) is 11.9 Å². The number of carbonyl (C=O) groups is 1. The highest BCUT2D eigenvalue weighted by Crippen LogP contribution is 2.10. The molecule has 19 heavy (non-hydrogen) atoms. The molecule has 2 rings (SSSR count). The van der Waals surface area contributed by atoms with Crippen LogP contribution in [0.5, 0.6) is 0 Å². The molecule has 1 heterocycles. The summed E-state index contributed by atoms with van der Waals surface area (Å²) in [6, 6.07) is 10.4. The van der Waals surface area contributed by atoms with E-state index in [0.29, 0.717) is 0 Å². The Labute approximate surface area is 116 Å². The minimum Gasteiger partial charge on any atom is -0.341 e. The van der Waals surface area contributed by atoms with E-state index >= 15 is 0 Å². The van der Waals surface area contributed by atoms with Gasteiger partial charge < -0.3 is 10.2 Å². The fourth-order valence-electron chi connectivity index (χ4n) is 2.62. The van der Waals surface area contributed by atoms with Crippen molar-refractivity contribution >= 4 is 5.91 Å². The summed E-state index contributed by atoms with van der Waals surface area (Å²) in [6.45, 7) is 4.65. The van der Waals surface area contributed by atoms with E-state index in [1.165, 1.54) is 18.4 Å². The van der Waals surface area contributed by atoms with Crippen LogP contribution in [-0.2, 0) is 11.2 Å². The largest absolute Gasteiger partial charge is 0.341 e. The van der Waals surface area contributed by atoms with Crippen LogP contribution < -0.4 is 5.32 Å². The summed E-state index contributed by atoms with van der Waals surface area (Å²) in [5, 5.41) is 3.34. The molecule has 1 saturated heterocycles. The van der Waals surface area contributed by atoms with Gasteiger partial charge in [-0.25, -0.2) is 0 Å². The second-order valence-corrected chi connectivity index (χ2v) is 5.16. The van der Waals surface area contributed by atoms with Crippen molar-refractivity contribution in [2.24, 2.45) is 0 Å². The van der Waals surface area contributed by atoms with Gasteiger partial charge in [-0.2, -0.15) is 0 Å². The van der Waals surface area contributed by atoms with Gasteiger partial charge in [0.25, 0.3) is 0 Å². The Bertz CT molecular complexity index is 385. The minimum absolute atomic E-state index is 0.0458. The van der Waals surface area contributed by atoms with Gasteiger partial charge in [0.15, 0.2) is 0 Å². The Kier molecular flexibility index (Phi) is 5.40. The number of benzene rings is 1. The molecule has 3 heteroatoms. The van der Waals surface area contributed by atoms with Crippen molar-refractivity contribution in [1.82, 2.24) is 10.2 Å². The lowest BCUT2D eigenvalue weighted by Crippen LogP contribution is -2.49. The van der Waals surface area contributed by atoms with Crippen LogP contribution in [0.2, 0.25) is 0 Å². The Balaban J connectivity index is 1.86. The average molecular weight is 260 g/mol. The molecule has 1 N–H and O–H groups in total. The average Bonchev–Trinajstić information content (AvgIpc) is 2.49. The van der Waals surface area contributed by atoms with Crippen LogP contribution in [0, 0.1) is 0 Å². The molecule has 1 atom stereocenters. The van der Waals surface area contributed by atoms with Gasteiger partial charge in [0.2, 0.25) is 5.91 Å². The molecule has 0 saturated carbocycles. The summed E-state index contributed by atoms with van der Waals surface area (Å²) in [5.74, 6) is 0.276. The van der Waals surface area contributed by atoms with Crippen LogP contribution in [0.25, 0.3) is 0 Å². The van der Waals surface area contributed by atoms with E-state index in [4.69, 9.17) is 0 Å². The maximum absolute atomic E-state index is 12.4. The minimum atomic E-state index is 0.0458. The Hall–Kier alpha value is -1.35. The molecule has 0 aromatic heterocycles. The first-order valence-electron chi connectivity index (χ1n) is 7.37. The lowest BCUT2D eigenvalue weighted by Gasteiger charge is -2.29. The first kappa shape index (κ1) is 14.1. The number of amides is 1. The molecule has 1 fully saturated rings. The third kappa shape index (κ3) is 4.06. The van der Waals surface area contributed by atoms with Crippen molar-refractivity contribution in [1.29, 1.82) is 0 Å². The molecule has 1 aromatic carbocycles. The first-order chi connectivity index (χ1) is 9.31.